The van der Waals surface area contributed by atoms with Crippen molar-refractivity contribution in [3.63, 3.8) is 0 Å². The highest BCUT2D eigenvalue weighted by Crippen LogP contribution is 2.61. The van der Waals surface area contributed by atoms with Gasteiger partial charge in [-0.25, -0.2) is 0 Å². The van der Waals surface area contributed by atoms with Crippen LogP contribution in [0.15, 0.2) is 23.1 Å². The Morgan fingerprint density at radius 2 is 1.78 bits per heavy atom. The first-order chi connectivity index (χ1) is 17.4. The maximum Gasteiger partial charge on any atom is 0.294 e. The number of carbonyl (C=O) groups excluding carboxylic acids is 3. The lowest BCUT2D eigenvalue weighted by molar-refractivity contribution is -0.139. The molecule has 7 nitrogen and oxygen atoms in total. The molecule has 2 heterocycles. The van der Waals surface area contributed by atoms with Crippen LogP contribution in [0.3, 0.4) is 0 Å². The number of hydrogen-bond acceptors (Lipinski definition) is 6. The molecule has 192 valence electrons. The second-order valence-corrected chi connectivity index (χ2v) is 12.1. The van der Waals surface area contributed by atoms with Crippen molar-refractivity contribution in [1.29, 1.82) is 0 Å². The largest absolute Gasteiger partial charge is 0.493 e. The van der Waals surface area contributed by atoms with Crippen LogP contribution >= 0.6 is 11.8 Å². The zero-order chi connectivity index (χ0) is 24.9. The minimum absolute atomic E-state index is 0.222. The molecule has 6 fully saturated rings. The van der Waals surface area contributed by atoms with Gasteiger partial charge < -0.3 is 14.4 Å². The van der Waals surface area contributed by atoms with Gasteiger partial charge in [-0.15, -0.1) is 0 Å². The molecule has 0 radical (unpaired) electrons. The van der Waals surface area contributed by atoms with Gasteiger partial charge in [0.15, 0.2) is 0 Å². The SMILES string of the molecule is CCOc1ccc(C23CC4CC(CC(C4)C2)C3)cc1/C=C1\SC(=O)N(CC(=O)N2CCOCC2)C1=O. The quantitative estimate of drug-likeness (QED) is 0.527. The smallest absolute Gasteiger partial charge is 0.294 e. The van der Waals surface area contributed by atoms with Crippen molar-refractivity contribution in [2.45, 2.75) is 50.9 Å². The number of amides is 3. The van der Waals surface area contributed by atoms with E-state index in [-0.39, 0.29) is 17.9 Å². The summed E-state index contributed by atoms with van der Waals surface area (Å²) in [5.41, 5.74) is 2.42. The summed E-state index contributed by atoms with van der Waals surface area (Å²) in [6, 6.07) is 6.46. The average Bonchev–Trinajstić information content (AvgIpc) is 3.12. The number of ether oxygens (including phenoxy) is 2. The molecule has 4 aliphatic carbocycles. The van der Waals surface area contributed by atoms with Gasteiger partial charge in [0.2, 0.25) is 5.91 Å². The summed E-state index contributed by atoms with van der Waals surface area (Å²) in [6.07, 6.45) is 9.73. The normalized spacial score (nSPS) is 32.6. The molecule has 0 N–H and O–H groups in total. The summed E-state index contributed by atoms with van der Waals surface area (Å²) in [5, 5.41) is -0.400. The number of carbonyl (C=O) groups is 3. The van der Waals surface area contributed by atoms with Gasteiger partial charge >= 0.3 is 0 Å². The minimum Gasteiger partial charge on any atom is -0.493 e. The van der Waals surface area contributed by atoms with Crippen LogP contribution in [-0.4, -0.2) is 66.3 Å². The van der Waals surface area contributed by atoms with Crippen LogP contribution in [-0.2, 0) is 19.7 Å². The van der Waals surface area contributed by atoms with E-state index in [1.807, 2.05) is 13.0 Å². The molecule has 6 aliphatic rings. The highest BCUT2D eigenvalue weighted by atomic mass is 32.2. The van der Waals surface area contributed by atoms with E-state index in [4.69, 9.17) is 9.47 Å². The number of hydrogen-bond donors (Lipinski definition) is 0. The van der Waals surface area contributed by atoms with Crippen molar-refractivity contribution in [1.82, 2.24) is 9.80 Å². The Balaban J connectivity index is 1.26. The molecule has 7 rings (SSSR count). The fraction of sp³-hybridized carbons (Fsp3) is 0.607. The van der Waals surface area contributed by atoms with E-state index in [1.165, 1.54) is 44.1 Å². The van der Waals surface area contributed by atoms with Crippen molar-refractivity contribution in [3.8, 4) is 5.75 Å². The molecular weight excluding hydrogens is 476 g/mol. The van der Waals surface area contributed by atoms with Gasteiger partial charge in [-0.3, -0.25) is 19.3 Å². The van der Waals surface area contributed by atoms with Crippen LogP contribution in [0, 0.1) is 17.8 Å². The van der Waals surface area contributed by atoms with E-state index in [1.54, 1.807) is 11.0 Å². The summed E-state index contributed by atoms with van der Waals surface area (Å²) in [6.45, 7) is 4.17. The van der Waals surface area contributed by atoms with Gasteiger partial charge in [0.05, 0.1) is 24.7 Å². The molecule has 2 aliphatic heterocycles. The molecule has 0 aromatic heterocycles. The van der Waals surface area contributed by atoms with Crippen LogP contribution < -0.4 is 4.74 Å². The van der Waals surface area contributed by atoms with Crippen molar-refractivity contribution in [2.75, 3.05) is 39.5 Å². The molecule has 3 amide bonds. The number of benzene rings is 1. The lowest BCUT2D eigenvalue weighted by atomic mass is 9.48. The Morgan fingerprint density at radius 3 is 2.42 bits per heavy atom. The monoisotopic (exact) mass is 510 g/mol. The molecule has 4 saturated carbocycles. The summed E-state index contributed by atoms with van der Waals surface area (Å²) in [7, 11) is 0. The van der Waals surface area contributed by atoms with Crippen LogP contribution in [0.25, 0.3) is 6.08 Å². The molecule has 0 atom stereocenters. The van der Waals surface area contributed by atoms with Gasteiger partial charge in [-0.2, -0.15) is 0 Å². The third kappa shape index (κ3) is 4.36. The fourth-order valence-corrected chi connectivity index (χ4v) is 8.40. The number of nitrogens with zero attached hydrogens (tertiary/aromatic N) is 2. The summed E-state index contributed by atoms with van der Waals surface area (Å²) >= 11 is 0.905. The van der Waals surface area contributed by atoms with Crippen molar-refractivity contribution < 1.29 is 23.9 Å². The first-order valence-corrected chi connectivity index (χ1v) is 14.1. The third-order valence-electron chi connectivity index (χ3n) is 8.78. The van der Waals surface area contributed by atoms with Gasteiger partial charge in [0, 0.05) is 18.7 Å². The summed E-state index contributed by atoms with van der Waals surface area (Å²) in [4.78, 5) is 41.6. The van der Waals surface area contributed by atoms with Gasteiger partial charge in [-0.1, -0.05) is 6.07 Å². The fourth-order valence-electron chi connectivity index (χ4n) is 7.57. The van der Waals surface area contributed by atoms with Crippen LogP contribution in [0.2, 0.25) is 0 Å². The second kappa shape index (κ2) is 9.53. The standard InChI is InChI=1S/C28H34N2O5S/c1-2-35-23-4-3-22(28-14-18-9-19(15-28)11-20(10-18)16-28)12-21(23)13-24-26(32)30(27(33)36-24)17-25(31)29-5-7-34-8-6-29/h3-4,12-13,18-20H,2,5-11,14-17H2,1H3/b24-13-. The predicted octanol–water partition coefficient (Wildman–Crippen LogP) is 4.45. The van der Waals surface area contributed by atoms with Crippen molar-refractivity contribution in [2.24, 2.45) is 17.8 Å². The molecule has 0 unspecified atom stereocenters. The molecule has 8 heteroatoms. The lowest BCUT2D eigenvalue weighted by Gasteiger charge is -2.57. The topological polar surface area (TPSA) is 76.2 Å². The zero-order valence-electron chi connectivity index (χ0n) is 20.9. The van der Waals surface area contributed by atoms with E-state index in [9.17, 15) is 14.4 Å². The number of morpholine rings is 1. The number of rotatable bonds is 6. The third-order valence-corrected chi connectivity index (χ3v) is 9.68. The molecule has 1 aromatic rings. The van der Waals surface area contributed by atoms with Crippen molar-refractivity contribution in [3.05, 3.63) is 34.2 Å². The van der Waals surface area contributed by atoms with E-state index in [2.05, 4.69) is 12.1 Å². The summed E-state index contributed by atoms with van der Waals surface area (Å²) < 4.78 is 11.2. The average molecular weight is 511 g/mol. The highest BCUT2D eigenvalue weighted by molar-refractivity contribution is 8.18. The Hall–Kier alpha value is -2.32. The Bertz CT molecular complexity index is 1070. The molecular formula is C28H34N2O5S. The van der Waals surface area contributed by atoms with Crippen LogP contribution in [0.5, 0.6) is 5.75 Å². The van der Waals surface area contributed by atoms with Gasteiger partial charge in [0.1, 0.15) is 12.3 Å². The van der Waals surface area contributed by atoms with Crippen LogP contribution in [0.1, 0.15) is 56.6 Å². The van der Waals surface area contributed by atoms with E-state index < -0.39 is 11.1 Å². The van der Waals surface area contributed by atoms with E-state index in [0.29, 0.717) is 37.8 Å². The first kappa shape index (κ1) is 24.0. The molecule has 0 spiro atoms. The molecule has 2 saturated heterocycles. The second-order valence-electron chi connectivity index (χ2n) is 11.1. The molecule has 1 aromatic carbocycles. The Labute approximate surface area is 216 Å². The zero-order valence-corrected chi connectivity index (χ0v) is 21.7. The Morgan fingerprint density at radius 1 is 1.11 bits per heavy atom. The van der Waals surface area contributed by atoms with E-state index >= 15 is 0 Å². The van der Waals surface area contributed by atoms with E-state index in [0.717, 1.165) is 45.7 Å². The van der Waals surface area contributed by atoms with Gasteiger partial charge in [0.25, 0.3) is 11.1 Å². The number of thioether (sulfide) groups is 1. The maximum atomic E-state index is 13.2. The lowest BCUT2D eigenvalue weighted by Crippen LogP contribution is -2.48. The predicted molar refractivity (Wildman–Crippen MR) is 138 cm³/mol. The highest BCUT2D eigenvalue weighted by Gasteiger charge is 2.51. The van der Waals surface area contributed by atoms with Gasteiger partial charge in [-0.05, 0) is 104 Å². The van der Waals surface area contributed by atoms with Crippen molar-refractivity contribution >= 4 is 34.9 Å². The maximum absolute atomic E-state index is 13.2. The Kier molecular flexibility index (Phi) is 6.36. The first-order valence-electron chi connectivity index (χ1n) is 13.3. The molecule has 36 heavy (non-hydrogen) atoms. The number of imide groups is 1. The van der Waals surface area contributed by atoms with Crippen LogP contribution in [0.4, 0.5) is 4.79 Å². The summed E-state index contributed by atoms with van der Waals surface area (Å²) in [5.74, 6) is 2.61. The molecule has 4 bridgehead atoms. The minimum atomic E-state index is -0.408.